The van der Waals surface area contributed by atoms with Crippen LogP contribution in [0.3, 0.4) is 0 Å². The number of anilines is 1. The lowest BCUT2D eigenvalue weighted by atomic mass is 10.1. The number of fused-ring (bicyclic) bond motifs is 3. The van der Waals surface area contributed by atoms with Gasteiger partial charge >= 0.3 is 5.97 Å². The molecule has 2 bridgehead atoms. The van der Waals surface area contributed by atoms with Crippen LogP contribution in [-0.4, -0.2) is 58.4 Å². The van der Waals surface area contributed by atoms with Crippen molar-refractivity contribution in [3.05, 3.63) is 52.2 Å². The van der Waals surface area contributed by atoms with E-state index < -0.39 is 10.9 Å². The van der Waals surface area contributed by atoms with Crippen molar-refractivity contribution in [1.29, 1.82) is 0 Å². The van der Waals surface area contributed by atoms with Gasteiger partial charge in [-0.1, -0.05) is 0 Å². The zero-order valence-corrected chi connectivity index (χ0v) is 16.2. The summed E-state index contributed by atoms with van der Waals surface area (Å²) in [7, 11) is 1.33. The van der Waals surface area contributed by atoms with Gasteiger partial charge < -0.3 is 14.4 Å². The minimum atomic E-state index is -0.452. The lowest BCUT2D eigenvalue weighted by molar-refractivity contribution is -0.384. The SMILES string of the molecule is COC(=O)c1cc2c(N3CC4COCC3C4)nc(-c3ccc([N+](=O)[O-])cc3)nn2c1. The van der Waals surface area contributed by atoms with Crippen molar-refractivity contribution in [2.75, 3.05) is 31.8 Å². The zero-order chi connectivity index (χ0) is 20.8. The highest BCUT2D eigenvalue weighted by Crippen LogP contribution is 2.35. The third-order valence-corrected chi connectivity index (χ3v) is 5.64. The second-order valence-corrected chi connectivity index (χ2v) is 7.56. The number of ether oxygens (including phenoxy) is 2. The maximum atomic E-state index is 12.1. The fourth-order valence-electron chi connectivity index (χ4n) is 4.20. The van der Waals surface area contributed by atoms with Crippen LogP contribution in [0.4, 0.5) is 11.5 Å². The van der Waals surface area contributed by atoms with Crippen LogP contribution in [0.15, 0.2) is 36.5 Å². The largest absolute Gasteiger partial charge is 0.465 e. The number of esters is 1. The van der Waals surface area contributed by atoms with Gasteiger partial charge in [-0.3, -0.25) is 10.1 Å². The van der Waals surface area contributed by atoms with Gasteiger partial charge in [-0.05, 0) is 24.6 Å². The number of rotatable bonds is 4. The number of carbonyl (C=O) groups excluding carboxylic acids is 1. The molecule has 2 fully saturated rings. The molecule has 2 aliphatic rings. The molecule has 0 spiro atoms. The molecule has 3 aromatic rings. The van der Waals surface area contributed by atoms with Gasteiger partial charge in [0, 0.05) is 36.4 Å². The van der Waals surface area contributed by atoms with Crippen LogP contribution >= 0.6 is 0 Å². The third-order valence-electron chi connectivity index (χ3n) is 5.64. The molecule has 5 rings (SSSR count). The molecule has 1 aromatic carbocycles. The highest BCUT2D eigenvalue weighted by molar-refractivity contribution is 5.92. The Bertz CT molecular complexity index is 1140. The van der Waals surface area contributed by atoms with Crippen molar-refractivity contribution in [3.63, 3.8) is 0 Å². The number of aromatic nitrogens is 3. The molecule has 154 valence electrons. The summed E-state index contributed by atoms with van der Waals surface area (Å²) in [6.45, 7) is 2.18. The molecule has 2 unspecified atom stereocenters. The molecule has 10 heteroatoms. The van der Waals surface area contributed by atoms with Crippen molar-refractivity contribution in [3.8, 4) is 11.4 Å². The normalized spacial score (nSPS) is 20.5. The molecule has 2 saturated heterocycles. The van der Waals surface area contributed by atoms with Crippen molar-refractivity contribution < 1.29 is 19.2 Å². The second-order valence-electron chi connectivity index (χ2n) is 7.56. The van der Waals surface area contributed by atoms with Crippen molar-refractivity contribution in [1.82, 2.24) is 14.6 Å². The van der Waals surface area contributed by atoms with E-state index in [9.17, 15) is 14.9 Å². The molecular formula is C20H19N5O5. The Balaban J connectivity index is 1.65. The highest BCUT2D eigenvalue weighted by Gasteiger charge is 2.38. The van der Waals surface area contributed by atoms with Crippen LogP contribution in [-0.2, 0) is 9.47 Å². The Kier molecular flexibility index (Phi) is 4.35. The van der Waals surface area contributed by atoms with E-state index in [-0.39, 0.29) is 11.7 Å². The predicted molar refractivity (Wildman–Crippen MR) is 106 cm³/mol. The number of carbonyl (C=O) groups is 1. The van der Waals surface area contributed by atoms with Gasteiger partial charge in [0.25, 0.3) is 5.69 Å². The number of benzene rings is 1. The van der Waals surface area contributed by atoms with Crippen molar-refractivity contribution in [2.24, 2.45) is 5.92 Å². The number of hydrogen-bond donors (Lipinski definition) is 0. The van der Waals surface area contributed by atoms with E-state index in [2.05, 4.69) is 10.00 Å². The topological polar surface area (TPSA) is 112 Å². The summed E-state index contributed by atoms with van der Waals surface area (Å²) in [5.41, 5.74) is 1.73. The van der Waals surface area contributed by atoms with E-state index in [4.69, 9.17) is 14.5 Å². The number of non-ortho nitro benzene ring substituents is 1. The molecule has 0 aliphatic carbocycles. The molecule has 10 nitrogen and oxygen atoms in total. The average Bonchev–Trinajstić information content (AvgIpc) is 3.32. The lowest BCUT2D eigenvalue weighted by Crippen LogP contribution is -2.34. The van der Waals surface area contributed by atoms with Gasteiger partial charge in [-0.25, -0.2) is 14.3 Å². The van der Waals surface area contributed by atoms with Crippen LogP contribution in [0.2, 0.25) is 0 Å². The summed E-state index contributed by atoms with van der Waals surface area (Å²) in [5.74, 6) is 1.12. The van der Waals surface area contributed by atoms with Crippen LogP contribution in [0.25, 0.3) is 16.9 Å². The first-order valence-corrected chi connectivity index (χ1v) is 9.61. The quantitative estimate of drug-likeness (QED) is 0.367. The summed E-state index contributed by atoms with van der Waals surface area (Å²) in [5, 5.41) is 15.5. The molecule has 2 atom stereocenters. The van der Waals surface area contributed by atoms with E-state index >= 15 is 0 Å². The molecular weight excluding hydrogens is 390 g/mol. The van der Waals surface area contributed by atoms with Gasteiger partial charge in [0.1, 0.15) is 5.52 Å². The summed E-state index contributed by atoms with van der Waals surface area (Å²) < 4.78 is 12.2. The van der Waals surface area contributed by atoms with E-state index in [0.29, 0.717) is 40.8 Å². The fourth-order valence-corrected chi connectivity index (χ4v) is 4.20. The van der Waals surface area contributed by atoms with Crippen LogP contribution < -0.4 is 4.90 Å². The maximum Gasteiger partial charge on any atom is 0.339 e. The Hall–Kier alpha value is -3.53. The van der Waals surface area contributed by atoms with Crippen LogP contribution in [0, 0.1) is 16.0 Å². The maximum absolute atomic E-state index is 12.1. The first kappa shape index (κ1) is 18.5. The molecule has 4 heterocycles. The van der Waals surface area contributed by atoms with E-state index in [1.54, 1.807) is 28.9 Å². The van der Waals surface area contributed by atoms with Gasteiger partial charge in [0.2, 0.25) is 0 Å². The van der Waals surface area contributed by atoms with Crippen molar-refractivity contribution in [2.45, 2.75) is 12.5 Å². The summed E-state index contributed by atoms with van der Waals surface area (Å²) in [6, 6.07) is 8.04. The first-order chi connectivity index (χ1) is 14.5. The summed E-state index contributed by atoms with van der Waals surface area (Å²) in [4.78, 5) is 29.6. The van der Waals surface area contributed by atoms with E-state index in [1.807, 2.05) is 0 Å². The van der Waals surface area contributed by atoms with Gasteiger partial charge in [-0.15, -0.1) is 5.10 Å². The minimum Gasteiger partial charge on any atom is -0.465 e. The number of nitrogens with zero attached hydrogens (tertiary/aromatic N) is 5. The predicted octanol–water partition coefficient (Wildman–Crippen LogP) is 2.32. The monoisotopic (exact) mass is 409 g/mol. The molecule has 2 aliphatic heterocycles. The van der Waals surface area contributed by atoms with E-state index in [0.717, 1.165) is 19.6 Å². The summed E-state index contributed by atoms with van der Waals surface area (Å²) in [6.07, 6.45) is 2.65. The number of nitro groups is 1. The number of methoxy groups -OCH3 is 1. The average molecular weight is 409 g/mol. The van der Waals surface area contributed by atoms with Crippen LogP contribution in [0.1, 0.15) is 16.8 Å². The Morgan fingerprint density at radius 1 is 1.30 bits per heavy atom. The molecule has 0 saturated carbocycles. The standard InChI is InChI=1S/C20H19N5O5/c1-29-20(26)14-7-17-19(23-8-12-6-16(23)11-30-10-12)21-18(22-24(17)9-14)13-2-4-15(5-3-13)25(27)28/h2-5,7,9,12,16H,6,8,10-11H2,1H3. The highest BCUT2D eigenvalue weighted by atomic mass is 16.6. The lowest BCUT2D eigenvalue weighted by Gasteiger charge is -2.26. The third kappa shape index (κ3) is 3.05. The van der Waals surface area contributed by atoms with Crippen LogP contribution in [0.5, 0.6) is 0 Å². The molecule has 0 radical (unpaired) electrons. The minimum absolute atomic E-state index is 0.000479. The van der Waals surface area contributed by atoms with E-state index in [1.165, 1.54) is 19.2 Å². The molecule has 30 heavy (non-hydrogen) atoms. The second kappa shape index (κ2) is 7.06. The Morgan fingerprint density at radius 3 is 2.80 bits per heavy atom. The summed E-state index contributed by atoms with van der Waals surface area (Å²) >= 11 is 0. The van der Waals surface area contributed by atoms with Gasteiger partial charge in [-0.2, -0.15) is 0 Å². The smallest absolute Gasteiger partial charge is 0.339 e. The molecule has 2 aromatic heterocycles. The molecule has 0 amide bonds. The Labute approximate surface area is 171 Å². The number of nitro benzene ring substituents is 1. The fraction of sp³-hybridized carbons (Fsp3) is 0.350. The number of hydrogen-bond acceptors (Lipinski definition) is 8. The molecule has 0 N–H and O–H groups in total. The van der Waals surface area contributed by atoms with Crippen molar-refractivity contribution >= 4 is 23.0 Å². The Morgan fingerprint density at radius 2 is 2.10 bits per heavy atom. The van der Waals surface area contributed by atoms with Gasteiger partial charge in [0.15, 0.2) is 11.6 Å². The zero-order valence-electron chi connectivity index (χ0n) is 16.2. The first-order valence-electron chi connectivity index (χ1n) is 9.61. The van der Waals surface area contributed by atoms with Gasteiger partial charge in [0.05, 0.1) is 36.9 Å².